The maximum atomic E-state index is 2.57. The molecule has 2 aliphatic heterocycles. The van der Waals surface area contributed by atoms with Gasteiger partial charge < -0.3 is 9.80 Å². The van der Waals surface area contributed by atoms with Gasteiger partial charge >= 0.3 is 0 Å². The van der Waals surface area contributed by atoms with Crippen molar-refractivity contribution in [2.24, 2.45) is 0 Å². The molecule has 71 heavy (non-hydrogen) atoms. The molecule has 0 spiro atoms. The zero-order chi connectivity index (χ0) is 48.2. The summed E-state index contributed by atoms with van der Waals surface area (Å²) in [5, 5.41) is 7.45. The average molecular weight is 911 g/mol. The third kappa shape index (κ3) is 6.85. The van der Waals surface area contributed by atoms with Crippen LogP contribution in [0.25, 0.3) is 65.7 Å². The summed E-state index contributed by atoms with van der Waals surface area (Å²) < 4.78 is 0. The first-order chi connectivity index (χ1) is 34.5. The molecular weight excluding hydrogens is 856 g/mol. The summed E-state index contributed by atoms with van der Waals surface area (Å²) in [4.78, 5) is 5.14. The largest absolute Gasteiger partial charge is 0.311 e. The Kier molecular flexibility index (Phi) is 9.81. The van der Waals surface area contributed by atoms with E-state index in [9.17, 15) is 0 Å². The van der Waals surface area contributed by atoms with E-state index in [4.69, 9.17) is 0 Å². The predicted octanol–water partition coefficient (Wildman–Crippen LogP) is 16.8. The minimum atomic E-state index is -0.0480. The predicted molar refractivity (Wildman–Crippen MR) is 307 cm³/mol. The minimum absolute atomic E-state index is 0.00464. The van der Waals surface area contributed by atoms with Crippen LogP contribution >= 0.6 is 0 Å². The molecule has 0 saturated carbocycles. The van der Waals surface area contributed by atoms with Crippen molar-refractivity contribution in [1.82, 2.24) is 0 Å². The molecule has 13 rings (SSSR count). The van der Waals surface area contributed by atoms with Crippen molar-refractivity contribution in [3.8, 4) is 33.4 Å². The second-order valence-electron chi connectivity index (χ2n) is 21.7. The molecule has 0 aliphatic carbocycles. The second kappa shape index (κ2) is 16.2. The van der Waals surface area contributed by atoms with Crippen LogP contribution in [0.2, 0.25) is 0 Å². The normalized spacial score (nSPS) is 13.1. The van der Waals surface area contributed by atoms with Gasteiger partial charge in [-0.2, -0.15) is 0 Å². The summed E-state index contributed by atoms with van der Waals surface area (Å²) in [7, 11) is 0. The van der Waals surface area contributed by atoms with Crippen molar-refractivity contribution < 1.29 is 0 Å². The molecule has 2 aliphatic rings. The molecule has 0 unspecified atom stereocenters. The first-order valence-corrected chi connectivity index (χ1v) is 25.2. The summed E-state index contributed by atoms with van der Waals surface area (Å²) >= 11 is 0. The van der Waals surface area contributed by atoms with Gasteiger partial charge in [0.2, 0.25) is 0 Å². The van der Waals surface area contributed by atoms with Gasteiger partial charge in [0.25, 0.3) is 6.71 Å². The number of nitrogens with zero attached hydrogens (tertiary/aromatic N) is 2. The summed E-state index contributed by atoms with van der Waals surface area (Å²) in [5.41, 5.74) is 21.1. The van der Waals surface area contributed by atoms with Gasteiger partial charge in [0, 0.05) is 34.1 Å². The Hall–Kier alpha value is -8.14. The SMILES string of the molecule is CC(C)(C)c1ccc2c(c1)N(c1ccccc1)c1cc(-c3c4ccccc4c(-c4ccc(-c5ccccc5)c5ccccc45)c4ccccc34)cc3c1B2c1ccc(C(C)(C)C)cc1N3c1ccccc1. The number of hydrogen-bond acceptors (Lipinski definition) is 2. The molecule has 3 heteroatoms. The Labute approximate surface area is 418 Å². The Morgan fingerprint density at radius 1 is 0.310 bits per heavy atom. The molecule has 0 saturated heterocycles. The van der Waals surface area contributed by atoms with Gasteiger partial charge in [-0.05, 0) is 153 Å². The van der Waals surface area contributed by atoms with E-state index in [2.05, 4.69) is 276 Å². The van der Waals surface area contributed by atoms with Crippen LogP contribution in [0.15, 0.2) is 224 Å². The second-order valence-corrected chi connectivity index (χ2v) is 21.7. The first-order valence-electron chi connectivity index (χ1n) is 25.2. The minimum Gasteiger partial charge on any atom is -0.311 e. The molecule has 11 aromatic carbocycles. The van der Waals surface area contributed by atoms with E-state index in [1.165, 1.54) is 116 Å². The van der Waals surface area contributed by atoms with Crippen LogP contribution in [0, 0.1) is 0 Å². The zero-order valence-electron chi connectivity index (χ0n) is 41.3. The molecule has 11 aromatic rings. The lowest BCUT2D eigenvalue weighted by Crippen LogP contribution is -2.61. The molecule has 0 amide bonds. The van der Waals surface area contributed by atoms with Gasteiger partial charge in [-0.3, -0.25) is 0 Å². The van der Waals surface area contributed by atoms with Crippen LogP contribution in [0.1, 0.15) is 52.7 Å². The van der Waals surface area contributed by atoms with E-state index in [1.807, 2.05) is 0 Å². The van der Waals surface area contributed by atoms with Gasteiger partial charge in [-0.25, -0.2) is 0 Å². The number of rotatable bonds is 5. The molecule has 2 heterocycles. The Morgan fingerprint density at radius 2 is 0.690 bits per heavy atom. The van der Waals surface area contributed by atoms with Gasteiger partial charge in [0.05, 0.1) is 0 Å². The zero-order valence-corrected chi connectivity index (χ0v) is 41.3. The van der Waals surface area contributed by atoms with Crippen LogP contribution in [0.5, 0.6) is 0 Å². The fraction of sp³-hybridized carbons (Fsp3) is 0.118. The van der Waals surface area contributed by atoms with E-state index in [0.29, 0.717) is 0 Å². The fourth-order valence-electron chi connectivity index (χ4n) is 11.9. The smallest absolute Gasteiger partial charge is 0.252 e. The van der Waals surface area contributed by atoms with Crippen molar-refractivity contribution in [1.29, 1.82) is 0 Å². The summed E-state index contributed by atoms with van der Waals surface area (Å²) in [6, 6.07) is 84.5. The monoisotopic (exact) mass is 910 g/mol. The summed E-state index contributed by atoms with van der Waals surface area (Å²) in [5.74, 6) is 0. The maximum absolute atomic E-state index is 2.57. The van der Waals surface area contributed by atoms with Crippen molar-refractivity contribution in [2.45, 2.75) is 52.4 Å². The lowest BCUT2D eigenvalue weighted by molar-refractivity contribution is 0.590. The average Bonchev–Trinajstić information content (AvgIpc) is 3.40. The van der Waals surface area contributed by atoms with Gasteiger partial charge in [0.1, 0.15) is 0 Å². The van der Waals surface area contributed by atoms with Crippen LogP contribution in [0.3, 0.4) is 0 Å². The molecule has 2 nitrogen and oxygen atoms in total. The Balaban J connectivity index is 1.15. The van der Waals surface area contributed by atoms with Gasteiger partial charge in [-0.15, -0.1) is 0 Å². The van der Waals surface area contributed by atoms with Crippen LogP contribution in [-0.2, 0) is 10.8 Å². The molecule has 0 aromatic heterocycles. The lowest BCUT2D eigenvalue weighted by atomic mass is 9.33. The molecule has 340 valence electrons. The fourth-order valence-corrected chi connectivity index (χ4v) is 11.9. The molecule has 0 bridgehead atoms. The third-order valence-corrected chi connectivity index (χ3v) is 15.3. The lowest BCUT2D eigenvalue weighted by Gasteiger charge is -2.45. The highest BCUT2D eigenvalue weighted by molar-refractivity contribution is 7.00. The number of benzene rings is 11. The van der Waals surface area contributed by atoms with E-state index in [1.54, 1.807) is 0 Å². The van der Waals surface area contributed by atoms with E-state index >= 15 is 0 Å². The van der Waals surface area contributed by atoms with Gasteiger partial charge in [0.15, 0.2) is 0 Å². The Bertz CT molecular complexity index is 3710. The van der Waals surface area contributed by atoms with E-state index in [0.717, 1.165) is 11.4 Å². The quantitative estimate of drug-likeness (QED) is 0.125. The van der Waals surface area contributed by atoms with E-state index < -0.39 is 0 Å². The third-order valence-electron chi connectivity index (χ3n) is 15.3. The van der Waals surface area contributed by atoms with Crippen molar-refractivity contribution >= 4 is 89.5 Å². The molecule has 0 radical (unpaired) electrons. The first kappa shape index (κ1) is 42.9. The van der Waals surface area contributed by atoms with Crippen LogP contribution < -0.4 is 26.2 Å². The van der Waals surface area contributed by atoms with Crippen LogP contribution in [0.4, 0.5) is 34.1 Å². The summed E-state index contributed by atoms with van der Waals surface area (Å²) in [6.45, 7) is 14.0. The van der Waals surface area contributed by atoms with Crippen LogP contribution in [-0.4, -0.2) is 6.71 Å². The molecule has 0 fully saturated rings. The molecule has 0 N–H and O–H groups in total. The Morgan fingerprint density at radius 3 is 1.14 bits per heavy atom. The maximum Gasteiger partial charge on any atom is 0.252 e. The molecule has 0 atom stereocenters. The summed E-state index contributed by atoms with van der Waals surface area (Å²) in [6.07, 6.45) is 0. The number of anilines is 6. The molecular formula is C68H55BN2. The highest BCUT2D eigenvalue weighted by Gasteiger charge is 2.44. The standard InChI is InChI=1S/C68H55BN2/c1-67(2,3)46-34-38-58-60(42-46)70(48-24-12-8-13-25-48)62-40-45(41-63-66(62)69(58)59-39-35-47(68(4,5)6)43-61(59)71(63)49-26-14-9-15-27-49)64-53-30-18-20-32-55(53)65(56-33-21-19-31-54(56)64)57-37-36-50(44-22-10-7-11-23-44)51-28-16-17-29-52(51)57/h7-43H,1-6H3. The van der Waals surface area contributed by atoms with E-state index in [-0.39, 0.29) is 17.5 Å². The number of fused-ring (bicyclic) bond motifs is 7. The highest BCUT2D eigenvalue weighted by atomic mass is 15.2. The number of para-hydroxylation sites is 2. The topological polar surface area (TPSA) is 6.48 Å². The van der Waals surface area contributed by atoms with Gasteiger partial charge in [-0.1, -0.05) is 217 Å². The van der Waals surface area contributed by atoms with Crippen molar-refractivity contribution in [3.05, 3.63) is 236 Å². The van der Waals surface area contributed by atoms with Crippen molar-refractivity contribution in [2.75, 3.05) is 9.80 Å². The van der Waals surface area contributed by atoms with Crippen molar-refractivity contribution in [3.63, 3.8) is 0 Å². The number of hydrogen-bond donors (Lipinski definition) is 0. The highest BCUT2D eigenvalue weighted by Crippen LogP contribution is 2.51.